The highest BCUT2D eigenvalue weighted by Crippen LogP contribution is 2.46. The van der Waals surface area contributed by atoms with Gasteiger partial charge in [0.15, 0.2) is 11.5 Å². The molecule has 0 bridgehead atoms. The minimum absolute atomic E-state index is 0.00264. The highest BCUT2D eigenvalue weighted by Gasteiger charge is 2.42. The van der Waals surface area contributed by atoms with Crippen LogP contribution in [-0.4, -0.2) is 56.6 Å². The van der Waals surface area contributed by atoms with Crippen LogP contribution in [0.15, 0.2) is 30.3 Å². The Labute approximate surface area is 179 Å². The minimum atomic E-state index is -0.516. The Morgan fingerprint density at radius 1 is 1.16 bits per heavy atom. The van der Waals surface area contributed by atoms with Gasteiger partial charge in [-0.25, -0.2) is 0 Å². The van der Waals surface area contributed by atoms with E-state index in [1.54, 1.807) is 23.1 Å². The van der Waals surface area contributed by atoms with E-state index in [1.807, 2.05) is 19.9 Å². The summed E-state index contributed by atoms with van der Waals surface area (Å²) in [6, 6.07) is 8.05. The molecule has 2 aromatic carbocycles. The van der Waals surface area contributed by atoms with Crippen molar-refractivity contribution in [1.29, 1.82) is 0 Å². The maximum Gasteiger partial charge on any atom is 0.273 e. The summed E-state index contributed by atoms with van der Waals surface area (Å²) in [6.45, 7) is 4.08. The van der Waals surface area contributed by atoms with Crippen molar-refractivity contribution in [2.75, 3.05) is 20.3 Å². The lowest BCUT2D eigenvalue weighted by molar-refractivity contribution is 0.0732. The average molecular weight is 423 g/mol. The molecule has 1 aliphatic rings. The van der Waals surface area contributed by atoms with E-state index in [2.05, 4.69) is 10.2 Å². The van der Waals surface area contributed by atoms with Gasteiger partial charge in [0.25, 0.3) is 5.91 Å². The Morgan fingerprint density at radius 2 is 1.94 bits per heavy atom. The number of aromatic amines is 1. The molecular weight excluding hydrogens is 398 g/mol. The minimum Gasteiger partial charge on any atom is -0.507 e. The van der Waals surface area contributed by atoms with Crippen LogP contribution in [0.1, 0.15) is 45.2 Å². The highest BCUT2D eigenvalue weighted by molar-refractivity contribution is 6.00. The number of aromatic nitrogens is 2. The van der Waals surface area contributed by atoms with Crippen molar-refractivity contribution in [3.8, 4) is 28.5 Å². The molecule has 0 aliphatic carbocycles. The molecule has 1 atom stereocenters. The van der Waals surface area contributed by atoms with Gasteiger partial charge in [-0.15, -0.1) is 0 Å². The number of ether oxygens (including phenoxy) is 1. The summed E-state index contributed by atoms with van der Waals surface area (Å²) >= 11 is 0. The van der Waals surface area contributed by atoms with Crippen LogP contribution >= 0.6 is 0 Å². The van der Waals surface area contributed by atoms with Gasteiger partial charge in [-0.05, 0) is 55.2 Å². The van der Waals surface area contributed by atoms with Crippen molar-refractivity contribution in [3.05, 3.63) is 58.3 Å². The van der Waals surface area contributed by atoms with E-state index < -0.39 is 6.04 Å². The lowest BCUT2D eigenvalue weighted by Crippen LogP contribution is -2.31. The van der Waals surface area contributed by atoms with Crippen LogP contribution in [0.25, 0.3) is 11.3 Å². The van der Waals surface area contributed by atoms with Gasteiger partial charge >= 0.3 is 0 Å². The molecule has 8 nitrogen and oxygen atoms in total. The fourth-order valence-corrected chi connectivity index (χ4v) is 4.32. The number of hydrogen-bond donors (Lipinski definition) is 4. The number of aryl methyl sites for hydroxylation is 2. The SMILES string of the molecule is COc1cc(C2c3c(-c4c(C)cc(C)cc4O)n[nH]c3C(=O)N2CCCO)ccc1O. The monoisotopic (exact) mass is 423 g/mol. The fourth-order valence-electron chi connectivity index (χ4n) is 4.32. The number of carbonyl (C=O) groups is 1. The summed E-state index contributed by atoms with van der Waals surface area (Å²) in [5, 5.41) is 37.3. The third-order valence-corrected chi connectivity index (χ3v) is 5.64. The molecule has 1 aliphatic heterocycles. The lowest BCUT2D eigenvalue weighted by atomic mass is 9.93. The van der Waals surface area contributed by atoms with Crippen molar-refractivity contribution >= 4 is 5.91 Å². The molecule has 0 fully saturated rings. The zero-order chi connectivity index (χ0) is 22.3. The number of benzene rings is 2. The molecule has 0 saturated carbocycles. The van der Waals surface area contributed by atoms with Gasteiger partial charge in [-0.3, -0.25) is 9.89 Å². The molecule has 4 N–H and O–H groups in total. The van der Waals surface area contributed by atoms with E-state index >= 15 is 0 Å². The first kappa shape index (κ1) is 20.7. The van der Waals surface area contributed by atoms with E-state index in [9.17, 15) is 20.1 Å². The van der Waals surface area contributed by atoms with Crippen LogP contribution in [0, 0.1) is 13.8 Å². The number of aliphatic hydroxyl groups is 1. The second-order valence-corrected chi connectivity index (χ2v) is 7.75. The quantitative estimate of drug-likeness (QED) is 0.484. The van der Waals surface area contributed by atoms with Gasteiger partial charge in [0, 0.05) is 24.3 Å². The molecule has 8 heteroatoms. The number of phenols is 2. The predicted octanol–water partition coefficient (Wildman–Crippen LogP) is 3.04. The smallest absolute Gasteiger partial charge is 0.273 e. The number of nitrogens with one attached hydrogen (secondary N) is 1. The van der Waals surface area contributed by atoms with Gasteiger partial charge in [0.1, 0.15) is 17.1 Å². The molecule has 162 valence electrons. The zero-order valence-electron chi connectivity index (χ0n) is 17.6. The first-order chi connectivity index (χ1) is 14.9. The molecule has 2 heterocycles. The van der Waals surface area contributed by atoms with E-state index in [-0.39, 0.29) is 24.0 Å². The topological polar surface area (TPSA) is 119 Å². The Bertz CT molecular complexity index is 1130. The number of rotatable bonds is 6. The number of carbonyl (C=O) groups excluding carboxylic acids is 1. The van der Waals surface area contributed by atoms with Gasteiger partial charge in [0.2, 0.25) is 0 Å². The normalized spacial score (nSPS) is 15.4. The summed E-state index contributed by atoms with van der Waals surface area (Å²) in [7, 11) is 1.46. The molecule has 0 saturated heterocycles. The number of amides is 1. The van der Waals surface area contributed by atoms with Gasteiger partial charge < -0.3 is 25.0 Å². The van der Waals surface area contributed by atoms with Crippen LogP contribution in [0.5, 0.6) is 17.2 Å². The summed E-state index contributed by atoms with van der Waals surface area (Å²) in [4.78, 5) is 14.9. The fraction of sp³-hybridized carbons (Fsp3) is 0.304. The molecule has 1 aromatic heterocycles. The number of nitrogens with zero attached hydrogens (tertiary/aromatic N) is 2. The number of H-pyrrole nitrogens is 1. The van der Waals surface area contributed by atoms with Crippen molar-refractivity contribution in [2.45, 2.75) is 26.3 Å². The number of hydrogen-bond acceptors (Lipinski definition) is 6. The second kappa shape index (κ2) is 7.96. The third kappa shape index (κ3) is 3.38. The van der Waals surface area contributed by atoms with Crippen LogP contribution in [0.4, 0.5) is 0 Å². The standard InChI is InChI=1S/C23H25N3O5/c1-12-9-13(2)18(16(29)10-12)20-19-21(25-24-20)23(30)26(7-4-8-27)22(19)14-5-6-15(28)17(11-14)31-3/h5-6,9-11,22,27-29H,4,7-8H2,1-3H3,(H,24,25). The molecule has 4 rings (SSSR count). The summed E-state index contributed by atoms with van der Waals surface area (Å²) in [6.07, 6.45) is 0.416. The largest absolute Gasteiger partial charge is 0.507 e. The van der Waals surface area contributed by atoms with Crippen LogP contribution < -0.4 is 4.74 Å². The van der Waals surface area contributed by atoms with Gasteiger partial charge in [-0.1, -0.05) is 12.1 Å². The maximum absolute atomic E-state index is 13.2. The predicted molar refractivity (Wildman–Crippen MR) is 114 cm³/mol. The summed E-state index contributed by atoms with van der Waals surface area (Å²) < 4.78 is 5.27. The highest BCUT2D eigenvalue weighted by atomic mass is 16.5. The first-order valence-corrected chi connectivity index (χ1v) is 10.0. The second-order valence-electron chi connectivity index (χ2n) is 7.75. The van der Waals surface area contributed by atoms with Gasteiger partial charge in [0.05, 0.1) is 13.2 Å². The molecule has 0 radical (unpaired) electrons. The number of methoxy groups -OCH3 is 1. The van der Waals surface area contributed by atoms with Crippen LogP contribution in [0.3, 0.4) is 0 Å². The van der Waals surface area contributed by atoms with E-state index in [4.69, 9.17) is 4.74 Å². The molecule has 1 amide bonds. The maximum atomic E-state index is 13.2. The van der Waals surface area contributed by atoms with E-state index in [0.29, 0.717) is 41.2 Å². The Hall–Kier alpha value is -3.52. The summed E-state index contributed by atoms with van der Waals surface area (Å²) in [5.41, 5.74) is 4.56. The number of aliphatic hydroxyl groups excluding tert-OH is 1. The molecule has 0 spiro atoms. The van der Waals surface area contributed by atoms with Crippen LogP contribution in [-0.2, 0) is 0 Å². The Morgan fingerprint density at radius 3 is 2.61 bits per heavy atom. The number of phenolic OH excluding ortho intramolecular Hbond substituents is 2. The van der Waals surface area contributed by atoms with E-state index in [1.165, 1.54) is 13.2 Å². The Balaban J connectivity index is 1.93. The number of fused-ring (bicyclic) bond motifs is 1. The zero-order valence-corrected chi connectivity index (χ0v) is 17.6. The molecule has 31 heavy (non-hydrogen) atoms. The first-order valence-electron chi connectivity index (χ1n) is 10.0. The van der Waals surface area contributed by atoms with Crippen molar-refractivity contribution in [3.63, 3.8) is 0 Å². The van der Waals surface area contributed by atoms with E-state index in [0.717, 1.165) is 16.7 Å². The lowest BCUT2D eigenvalue weighted by Gasteiger charge is -2.26. The third-order valence-electron chi connectivity index (χ3n) is 5.64. The molecular formula is C23H25N3O5. The van der Waals surface area contributed by atoms with Crippen molar-refractivity contribution < 1.29 is 24.9 Å². The average Bonchev–Trinajstić information content (AvgIpc) is 3.25. The number of aromatic hydroxyl groups is 2. The van der Waals surface area contributed by atoms with Crippen LogP contribution in [0.2, 0.25) is 0 Å². The van der Waals surface area contributed by atoms with Gasteiger partial charge in [-0.2, -0.15) is 5.10 Å². The molecule has 3 aromatic rings. The van der Waals surface area contributed by atoms with Crippen molar-refractivity contribution in [1.82, 2.24) is 15.1 Å². The molecule has 1 unspecified atom stereocenters. The summed E-state index contributed by atoms with van der Waals surface area (Å²) in [5.74, 6) is 0.149. The Kier molecular flexibility index (Phi) is 5.32. The van der Waals surface area contributed by atoms with Crippen molar-refractivity contribution in [2.24, 2.45) is 0 Å².